The Morgan fingerprint density at radius 1 is 0.743 bits per heavy atom. The molecular formula is C29H52N2O4. The van der Waals surface area contributed by atoms with Crippen molar-refractivity contribution in [3.8, 4) is 5.75 Å². The summed E-state index contributed by atoms with van der Waals surface area (Å²) in [7, 11) is 0. The van der Waals surface area contributed by atoms with Crippen molar-refractivity contribution in [3.05, 3.63) is 29.8 Å². The summed E-state index contributed by atoms with van der Waals surface area (Å²) in [5.41, 5.74) is 6.27. The number of unbranched alkanes of at least 4 members (excludes halogenated alkanes) is 13. The van der Waals surface area contributed by atoms with E-state index in [2.05, 4.69) is 19.0 Å². The van der Waals surface area contributed by atoms with Crippen molar-refractivity contribution in [2.24, 2.45) is 10.9 Å². The molecule has 0 saturated heterocycles. The normalized spacial score (nSPS) is 12.7. The van der Waals surface area contributed by atoms with E-state index < -0.39 is 0 Å². The van der Waals surface area contributed by atoms with Crippen LogP contribution in [0.25, 0.3) is 0 Å². The van der Waals surface area contributed by atoms with Crippen LogP contribution in [0.4, 0.5) is 0 Å². The van der Waals surface area contributed by atoms with Crippen LogP contribution in [-0.4, -0.2) is 43.6 Å². The Balaban J connectivity index is 2.22. The second kappa shape index (κ2) is 22.7. The highest BCUT2D eigenvalue weighted by molar-refractivity contribution is 5.97. The molecule has 1 rings (SSSR count). The van der Waals surface area contributed by atoms with Gasteiger partial charge < -0.3 is 25.2 Å². The van der Waals surface area contributed by atoms with Crippen molar-refractivity contribution in [1.82, 2.24) is 0 Å². The highest BCUT2D eigenvalue weighted by atomic mass is 16.6. The van der Waals surface area contributed by atoms with Crippen LogP contribution in [-0.2, 0) is 9.47 Å². The lowest BCUT2D eigenvalue weighted by Gasteiger charge is -2.19. The zero-order valence-corrected chi connectivity index (χ0v) is 22.5. The minimum atomic E-state index is -0.0897. The van der Waals surface area contributed by atoms with E-state index in [1.165, 1.54) is 83.5 Å². The molecule has 1 aromatic carbocycles. The number of rotatable bonds is 24. The molecule has 1 aromatic rings. The maximum atomic E-state index is 8.79. The van der Waals surface area contributed by atoms with Crippen LogP contribution in [0.3, 0.4) is 0 Å². The van der Waals surface area contributed by atoms with Crippen LogP contribution in [0.1, 0.15) is 116 Å². The molecule has 0 amide bonds. The zero-order valence-electron chi connectivity index (χ0n) is 22.5. The lowest BCUT2D eigenvalue weighted by molar-refractivity contribution is -0.0388. The van der Waals surface area contributed by atoms with E-state index in [4.69, 9.17) is 25.2 Å². The Bertz CT molecular complexity index is 622. The maximum absolute atomic E-state index is 8.79. The highest BCUT2D eigenvalue weighted by Gasteiger charge is 2.11. The molecule has 0 aliphatic heterocycles. The molecular weight excluding hydrogens is 440 g/mol. The van der Waals surface area contributed by atoms with Crippen molar-refractivity contribution < 1.29 is 19.4 Å². The molecule has 0 saturated carbocycles. The van der Waals surface area contributed by atoms with Gasteiger partial charge in [-0.2, -0.15) is 0 Å². The molecule has 0 fully saturated rings. The summed E-state index contributed by atoms with van der Waals surface area (Å²) in [4.78, 5) is 0. The molecule has 35 heavy (non-hydrogen) atoms. The zero-order chi connectivity index (χ0) is 25.4. The number of oxime groups is 1. The van der Waals surface area contributed by atoms with E-state index in [9.17, 15) is 0 Å². The van der Waals surface area contributed by atoms with Gasteiger partial charge in [0.2, 0.25) is 0 Å². The molecule has 0 heterocycles. The molecule has 0 aliphatic rings. The maximum Gasteiger partial charge on any atom is 0.170 e. The lowest BCUT2D eigenvalue weighted by atomic mass is 10.1. The van der Waals surface area contributed by atoms with Crippen LogP contribution in [0.5, 0.6) is 5.75 Å². The molecule has 202 valence electrons. The molecule has 6 nitrogen and oxygen atoms in total. The van der Waals surface area contributed by atoms with Gasteiger partial charge in [0, 0.05) is 18.8 Å². The van der Waals surface area contributed by atoms with Gasteiger partial charge in [0.1, 0.15) is 18.5 Å². The quantitative estimate of drug-likeness (QED) is 0.0514. The third-order valence-electron chi connectivity index (χ3n) is 6.24. The van der Waals surface area contributed by atoms with Gasteiger partial charge in [0.15, 0.2) is 5.84 Å². The van der Waals surface area contributed by atoms with Gasteiger partial charge in [-0.05, 0) is 37.1 Å². The van der Waals surface area contributed by atoms with E-state index in [1.807, 2.05) is 12.1 Å². The third kappa shape index (κ3) is 17.3. The number of hydrogen-bond acceptors (Lipinski definition) is 5. The first-order chi connectivity index (χ1) is 17.2. The van der Waals surface area contributed by atoms with Crippen molar-refractivity contribution >= 4 is 5.84 Å². The standard InChI is InChI=1S/C29H52N2O4/c1-3-5-7-8-9-10-11-12-13-14-15-17-23-34-28(24-33-22-16-6-4-2)25-35-27-20-18-26(19-21-27)29(30)31-32/h18-21,28,32H,3-17,22-25H2,1-2H3,(H2,30,31). The van der Waals surface area contributed by atoms with Gasteiger partial charge in [0.25, 0.3) is 0 Å². The summed E-state index contributed by atoms with van der Waals surface area (Å²) in [5.74, 6) is 0.810. The number of hydrogen-bond donors (Lipinski definition) is 2. The van der Waals surface area contributed by atoms with Gasteiger partial charge in [-0.1, -0.05) is 102 Å². The Morgan fingerprint density at radius 2 is 1.26 bits per heavy atom. The van der Waals surface area contributed by atoms with Crippen molar-refractivity contribution in [2.45, 2.75) is 116 Å². The van der Waals surface area contributed by atoms with Gasteiger partial charge >= 0.3 is 0 Å². The van der Waals surface area contributed by atoms with E-state index in [0.29, 0.717) is 18.8 Å². The molecule has 3 N–H and O–H groups in total. The average Bonchev–Trinajstić information content (AvgIpc) is 2.89. The monoisotopic (exact) mass is 492 g/mol. The summed E-state index contributed by atoms with van der Waals surface area (Å²) in [6, 6.07) is 7.18. The Labute approximate surface area is 214 Å². The van der Waals surface area contributed by atoms with Gasteiger partial charge in [-0.3, -0.25) is 0 Å². The summed E-state index contributed by atoms with van der Waals surface area (Å²) in [5, 5.41) is 11.8. The lowest BCUT2D eigenvalue weighted by Crippen LogP contribution is -2.28. The topological polar surface area (TPSA) is 86.3 Å². The SMILES string of the molecule is CCCCCCCCCCCCCCOC(COCCCCC)COc1ccc(/C(N)=N/O)cc1. The fraction of sp³-hybridized carbons (Fsp3) is 0.759. The van der Waals surface area contributed by atoms with Crippen LogP contribution in [0.15, 0.2) is 29.4 Å². The fourth-order valence-electron chi connectivity index (χ4n) is 3.98. The highest BCUT2D eigenvalue weighted by Crippen LogP contribution is 2.14. The summed E-state index contributed by atoms with van der Waals surface area (Å²) in [6.07, 6.45) is 19.4. The summed E-state index contributed by atoms with van der Waals surface area (Å²) in [6.45, 7) is 6.96. The van der Waals surface area contributed by atoms with Crippen LogP contribution < -0.4 is 10.5 Å². The minimum absolute atomic E-state index is 0.0839. The van der Waals surface area contributed by atoms with Crippen LogP contribution in [0.2, 0.25) is 0 Å². The van der Waals surface area contributed by atoms with E-state index in [-0.39, 0.29) is 11.9 Å². The minimum Gasteiger partial charge on any atom is -0.491 e. The molecule has 1 unspecified atom stereocenters. The fourth-order valence-corrected chi connectivity index (χ4v) is 3.98. The first-order valence-electron chi connectivity index (χ1n) is 14.1. The molecule has 0 radical (unpaired) electrons. The van der Waals surface area contributed by atoms with Crippen molar-refractivity contribution in [2.75, 3.05) is 26.4 Å². The molecule has 6 heteroatoms. The number of ether oxygens (including phenoxy) is 3. The smallest absolute Gasteiger partial charge is 0.170 e. The number of nitrogens with zero attached hydrogens (tertiary/aromatic N) is 1. The molecule has 0 aliphatic carbocycles. The van der Waals surface area contributed by atoms with E-state index in [0.717, 1.165) is 31.8 Å². The average molecular weight is 493 g/mol. The van der Waals surface area contributed by atoms with Gasteiger partial charge in [-0.15, -0.1) is 0 Å². The number of nitrogens with two attached hydrogens (primary N) is 1. The second-order valence-electron chi connectivity index (χ2n) is 9.48. The van der Waals surface area contributed by atoms with E-state index in [1.54, 1.807) is 12.1 Å². The Kier molecular flexibility index (Phi) is 20.2. The van der Waals surface area contributed by atoms with Gasteiger partial charge in [0.05, 0.1) is 6.61 Å². The van der Waals surface area contributed by atoms with E-state index >= 15 is 0 Å². The first kappa shape index (κ1) is 31.2. The third-order valence-corrected chi connectivity index (χ3v) is 6.24. The molecule has 0 bridgehead atoms. The predicted octanol–water partition coefficient (Wildman–Crippen LogP) is 7.45. The van der Waals surface area contributed by atoms with Crippen molar-refractivity contribution in [1.29, 1.82) is 0 Å². The first-order valence-corrected chi connectivity index (χ1v) is 14.1. The van der Waals surface area contributed by atoms with Gasteiger partial charge in [-0.25, -0.2) is 0 Å². The predicted molar refractivity (Wildman–Crippen MR) is 146 cm³/mol. The van der Waals surface area contributed by atoms with Crippen molar-refractivity contribution in [3.63, 3.8) is 0 Å². The molecule has 0 aromatic heterocycles. The number of amidine groups is 1. The van der Waals surface area contributed by atoms with Crippen LogP contribution >= 0.6 is 0 Å². The largest absolute Gasteiger partial charge is 0.491 e. The molecule has 0 spiro atoms. The summed E-state index contributed by atoms with van der Waals surface area (Å²) >= 11 is 0. The number of benzene rings is 1. The van der Waals surface area contributed by atoms with Crippen LogP contribution in [0, 0.1) is 0 Å². The Morgan fingerprint density at radius 3 is 1.83 bits per heavy atom. The summed E-state index contributed by atoms with van der Waals surface area (Å²) < 4.78 is 17.9. The Hall–Kier alpha value is -1.79. The second-order valence-corrected chi connectivity index (χ2v) is 9.48. The molecule has 1 atom stereocenters.